The Bertz CT molecular complexity index is 1120. The Labute approximate surface area is 158 Å². The molecule has 0 unspecified atom stereocenters. The van der Waals surface area contributed by atoms with Gasteiger partial charge < -0.3 is 18.9 Å². The number of hydrogen-bond donors (Lipinski definition) is 1. The summed E-state index contributed by atoms with van der Waals surface area (Å²) < 4.78 is 30.0. The summed E-state index contributed by atoms with van der Waals surface area (Å²) in [5.41, 5.74) is 0.849. The molecule has 0 atom stereocenters. The number of nitrogens with zero attached hydrogens (tertiary/aromatic N) is 2. The molecule has 0 aliphatic carbocycles. The van der Waals surface area contributed by atoms with Crippen LogP contribution in [0.3, 0.4) is 0 Å². The summed E-state index contributed by atoms with van der Waals surface area (Å²) in [6.45, 7) is 0. The summed E-state index contributed by atoms with van der Waals surface area (Å²) >= 11 is 0. The predicted molar refractivity (Wildman–Crippen MR) is 98.3 cm³/mol. The van der Waals surface area contributed by atoms with Gasteiger partial charge in [0.05, 0.1) is 13.4 Å². The largest absolute Gasteiger partial charge is 0.496 e. The molecule has 8 heteroatoms. The fourth-order valence-corrected chi connectivity index (χ4v) is 2.66. The highest BCUT2D eigenvalue weighted by Crippen LogP contribution is 2.27. The van der Waals surface area contributed by atoms with Crippen molar-refractivity contribution in [3.05, 3.63) is 72.2 Å². The van der Waals surface area contributed by atoms with Gasteiger partial charge in [-0.3, -0.25) is 4.79 Å². The van der Waals surface area contributed by atoms with Gasteiger partial charge in [0.2, 0.25) is 5.89 Å². The molecule has 4 rings (SSSR count). The van der Waals surface area contributed by atoms with E-state index in [1.54, 1.807) is 36.4 Å². The Morgan fingerprint density at radius 3 is 2.68 bits per heavy atom. The van der Waals surface area contributed by atoms with Gasteiger partial charge >= 0.3 is 0 Å². The van der Waals surface area contributed by atoms with Crippen LogP contribution in [0.2, 0.25) is 0 Å². The molecule has 2 aromatic heterocycles. The van der Waals surface area contributed by atoms with Crippen molar-refractivity contribution < 1.29 is 22.8 Å². The van der Waals surface area contributed by atoms with E-state index in [1.807, 2.05) is 0 Å². The van der Waals surface area contributed by atoms with E-state index in [-0.39, 0.29) is 23.1 Å². The molecule has 0 saturated heterocycles. The number of carbonyl (C=O) groups excluding carboxylic acids is 1. The highest BCUT2D eigenvalue weighted by atomic mass is 19.1. The first-order valence-corrected chi connectivity index (χ1v) is 8.27. The molecule has 1 N–H and O–H groups in total. The van der Waals surface area contributed by atoms with Gasteiger partial charge in [-0.05, 0) is 42.5 Å². The first-order valence-electron chi connectivity index (χ1n) is 8.27. The highest BCUT2D eigenvalue weighted by Gasteiger charge is 2.18. The fourth-order valence-electron chi connectivity index (χ4n) is 2.66. The molecular formula is C20H14FN3O4. The van der Waals surface area contributed by atoms with Crippen molar-refractivity contribution in [2.24, 2.45) is 0 Å². The maximum atomic E-state index is 14.1. The van der Waals surface area contributed by atoms with Gasteiger partial charge in [-0.15, -0.1) is 10.2 Å². The molecular weight excluding hydrogens is 365 g/mol. The minimum Gasteiger partial charge on any atom is -0.496 e. The van der Waals surface area contributed by atoms with Gasteiger partial charge in [-0.25, -0.2) is 4.39 Å². The number of carbonyl (C=O) groups is 1. The van der Waals surface area contributed by atoms with E-state index in [4.69, 9.17) is 13.6 Å². The summed E-state index contributed by atoms with van der Waals surface area (Å²) in [6, 6.07) is 14.4. The van der Waals surface area contributed by atoms with Crippen LogP contribution >= 0.6 is 0 Å². The molecule has 0 saturated carbocycles. The van der Waals surface area contributed by atoms with E-state index < -0.39 is 11.7 Å². The quantitative estimate of drug-likeness (QED) is 0.553. The SMILES string of the molecule is COc1cccc(F)c1C(=O)Nc1cccc(-c2nnc(-c3ccco3)o2)c1. The van der Waals surface area contributed by atoms with Crippen molar-refractivity contribution in [2.45, 2.75) is 0 Å². The van der Waals surface area contributed by atoms with Crippen LogP contribution in [0, 0.1) is 5.82 Å². The van der Waals surface area contributed by atoms with Crippen molar-refractivity contribution in [2.75, 3.05) is 12.4 Å². The molecule has 0 aliphatic heterocycles. The third-order valence-electron chi connectivity index (χ3n) is 3.95. The second-order valence-electron chi connectivity index (χ2n) is 5.74. The third-order valence-corrected chi connectivity index (χ3v) is 3.95. The van der Waals surface area contributed by atoms with Gasteiger partial charge in [0.15, 0.2) is 5.76 Å². The van der Waals surface area contributed by atoms with Crippen molar-refractivity contribution in [3.8, 4) is 28.9 Å². The topological polar surface area (TPSA) is 90.4 Å². The summed E-state index contributed by atoms with van der Waals surface area (Å²) in [6.07, 6.45) is 1.51. The zero-order chi connectivity index (χ0) is 19.5. The minimum absolute atomic E-state index is 0.147. The van der Waals surface area contributed by atoms with Crippen molar-refractivity contribution in [3.63, 3.8) is 0 Å². The molecule has 0 radical (unpaired) electrons. The number of benzene rings is 2. The number of ether oxygens (including phenoxy) is 1. The molecule has 140 valence electrons. The van der Waals surface area contributed by atoms with E-state index in [1.165, 1.54) is 31.6 Å². The van der Waals surface area contributed by atoms with Crippen LogP contribution in [-0.4, -0.2) is 23.2 Å². The molecule has 28 heavy (non-hydrogen) atoms. The van der Waals surface area contributed by atoms with Crippen LogP contribution < -0.4 is 10.1 Å². The van der Waals surface area contributed by atoms with Crippen LogP contribution in [0.25, 0.3) is 23.1 Å². The summed E-state index contributed by atoms with van der Waals surface area (Å²) in [4.78, 5) is 12.5. The van der Waals surface area contributed by atoms with Crippen LogP contribution in [-0.2, 0) is 0 Å². The molecule has 1 amide bonds. The Morgan fingerprint density at radius 1 is 1.07 bits per heavy atom. The Morgan fingerprint density at radius 2 is 1.89 bits per heavy atom. The zero-order valence-electron chi connectivity index (χ0n) is 14.7. The van der Waals surface area contributed by atoms with E-state index in [0.717, 1.165) is 0 Å². The fraction of sp³-hybridized carbons (Fsp3) is 0.0500. The minimum atomic E-state index is -0.673. The van der Waals surface area contributed by atoms with Gasteiger partial charge in [-0.2, -0.15) is 0 Å². The highest BCUT2D eigenvalue weighted by molar-refractivity contribution is 6.06. The number of amides is 1. The Kier molecular flexibility index (Phi) is 4.59. The lowest BCUT2D eigenvalue weighted by atomic mass is 10.1. The second kappa shape index (κ2) is 7.36. The number of halogens is 1. The second-order valence-corrected chi connectivity index (χ2v) is 5.74. The average molecular weight is 379 g/mol. The summed E-state index contributed by atoms with van der Waals surface area (Å²) in [7, 11) is 1.37. The number of methoxy groups -OCH3 is 1. The van der Waals surface area contributed by atoms with Gasteiger partial charge in [-0.1, -0.05) is 12.1 Å². The lowest BCUT2D eigenvalue weighted by Crippen LogP contribution is -2.15. The standard InChI is InChI=1S/C20H14FN3O4/c1-26-15-8-3-7-14(21)17(15)18(25)22-13-6-2-5-12(11-13)19-23-24-20(28-19)16-9-4-10-27-16/h2-11H,1H3,(H,22,25). The van der Waals surface area contributed by atoms with Crippen molar-refractivity contribution in [1.82, 2.24) is 10.2 Å². The van der Waals surface area contributed by atoms with E-state index >= 15 is 0 Å². The number of anilines is 1. The number of furan rings is 1. The van der Waals surface area contributed by atoms with Gasteiger partial charge in [0.25, 0.3) is 11.8 Å². The normalized spacial score (nSPS) is 10.6. The number of rotatable bonds is 5. The maximum Gasteiger partial charge on any atom is 0.283 e. The van der Waals surface area contributed by atoms with E-state index in [9.17, 15) is 9.18 Å². The van der Waals surface area contributed by atoms with Crippen molar-refractivity contribution >= 4 is 11.6 Å². The molecule has 0 aliphatic rings. The summed E-state index contributed by atoms with van der Waals surface area (Å²) in [5.74, 6) is -0.207. The average Bonchev–Trinajstić information content (AvgIpc) is 3.39. The molecule has 2 aromatic carbocycles. The third kappa shape index (κ3) is 3.35. The van der Waals surface area contributed by atoms with Crippen LogP contribution in [0.1, 0.15) is 10.4 Å². The molecule has 2 heterocycles. The first kappa shape index (κ1) is 17.5. The Balaban J connectivity index is 1.59. The van der Waals surface area contributed by atoms with E-state index in [0.29, 0.717) is 17.0 Å². The molecule has 0 spiro atoms. The van der Waals surface area contributed by atoms with E-state index in [2.05, 4.69) is 15.5 Å². The number of hydrogen-bond acceptors (Lipinski definition) is 6. The molecule has 0 fully saturated rings. The molecule has 4 aromatic rings. The van der Waals surface area contributed by atoms with Gasteiger partial charge in [0, 0.05) is 11.3 Å². The predicted octanol–water partition coefficient (Wildman–Crippen LogP) is 4.40. The lowest BCUT2D eigenvalue weighted by Gasteiger charge is -2.10. The smallest absolute Gasteiger partial charge is 0.283 e. The number of aromatic nitrogens is 2. The first-order chi connectivity index (χ1) is 13.7. The molecule has 7 nitrogen and oxygen atoms in total. The lowest BCUT2D eigenvalue weighted by molar-refractivity contribution is 0.102. The monoisotopic (exact) mass is 379 g/mol. The van der Waals surface area contributed by atoms with Crippen LogP contribution in [0.4, 0.5) is 10.1 Å². The Hall–Kier alpha value is -3.94. The molecule has 0 bridgehead atoms. The summed E-state index contributed by atoms with van der Waals surface area (Å²) in [5, 5.41) is 10.6. The maximum absolute atomic E-state index is 14.1. The van der Waals surface area contributed by atoms with Crippen LogP contribution in [0.15, 0.2) is 69.7 Å². The van der Waals surface area contributed by atoms with Crippen molar-refractivity contribution in [1.29, 1.82) is 0 Å². The zero-order valence-corrected chi connectivity index (χ0v) is 14.7. The number of nitrogens with one attached hydrogen (secondary N) is 1. The van der Waals surface area contributed by atoms with Gasteiger partial charge in [0.1, 0.15) is 17.1 Å². The van der Waals surface area contributed by atoms with Crippen LogP contribution in [0.5, 0.6) is 5.75 Å².